The van der Waals surface area contributed by atoms with Gasteiger partial charge in [0.25, 0.3) is 5.56 Å². The Bertz CT molecular complexity index is 685. The third-order valence-corrected chi connectivity index (χ3v) is 3.52. The van der Waals surface area contributed by atoms with Crippen LogP contribution in [0.1, 0.15) is 22.8 Å². The van der Waals surface area contributed by atoms with Gasteiger partial charge in [-0.3, -0.25) is 4.79 Å². The fourth-order valence-corrected chi connectivity index (χ4v) is 2.33. The fraction of sp³-hybridized carbons (Fsp3) is 0.214. The first kappa shape index (κ1) is 15.2. The summed E-state index contributed by atoms with van der Waals surface area (Å²) in [5.41, 5.74) is 0.148. The maximum absolute atomic E-state index is 12.8. The van der Waals surface area contributed by atoms with E-state index in [1.165, 1.54) is 30.1 Å². The van der Waals surface area contributed by atoms with E-state index in [1.807, 2.05) is 0 Å². The molecule has 0 unspecified atom stereocenters. The number of carbonyl (C=O) groups excluding carboxylic acids is 1. The number of aromatic amines is 1. The lowest BCUT2D eigenvalue weighted by Gasteiger charge is -2.03. The Labute approximate surface area is 124 Å². The fourth-order valence-electron chi connectivity index (χ4n) is 1.54. The van der Waals surface area contributed by atoms with Gasteiger partial charge < -0.3 is 9.72 Å². The van der Waals surface area contributed by atoms with Gasteiger partial charge in [-0.15, -0.1) is 0 Å². The average Bonchev–Trinajstić information content (AvgIpc) is 2.47. The summed E-state index contributed by atoms with van der Waals surface area (Å²) in [5, 5.41) is 0.386. The number of H-pyrrole nitrogens is 1. The molecule has 1 N–H and O–H groups in total. The average molecular weight is 308 g/mol. The van der Waals surface area contributed by atoms with Crippen molar-refractivity contribution >= 4 is 17.7 Å². The number of halogens is 1. The van der Waals surface area contributed by atoms with Crippen LogP contribution in [0.3, 0.4) is 0 Å². The van der Waals surface area contributed by atoms with Crippen LogP contribution in [0.15, 0.2) is 40.4 Å². The molecule has 1 heterocycles. The van der Waals surface area contributed by atoms with Crippen molar-refractivity contribution in [2.45, 2.75) is 17.8 Å². The minimum absolute atomic E-state index is 0.122. The van der Waals surface area contributed by atoms with Crippen molar-refractivity contribution in [3.63, 3.8) is 0 Å². The van der Waals surface area contributed by atoms with E-state index in [9.17, 15) is 14.0 Å². The van der Waals surface area contributed by atoms with E-state index in [0.29, 0.717) is 10.9 Å². The molecule has 0 saturated heterocycles. The summed E-state index contributed by atoms with van der Waals surface area (Å²) >= 11 is 1.29. The summed E-state index contributed by atoms with van der Waals surface area (Å²) in [6.45, 7) is 1.85. The van der Waals surface area contributed by atoms with Crippen LogP contribution in [0.25, 0.3) is 0 Å². The number of rotatable bonds is 5. The third-order valence-electron chi connectivity index (χ3n) is 2.56. The molecular weight excluding hydrogens is 295 g/mol. The molecule has 0 aliphatic rings. The second kappa shape index (κ2) is 7.03. The first-order valence-electron chi connectivity index (χ1n) is 6.24. The number of nitrogens with one attached hydrogen (secondary N) is 1. The summed E-state index contributed by atoms with van der Waals surface area (Å²) in [4.78, 5) is 29.7. The minimum Gasteiger partial charge on any atom is -0.462 e. The molecule has 0 saturated carbocycles. The molecule has 1 aromatic heterocycles. The zero-order valence-electron chi connectivity index (χ0n) is 11.3. The molecule has 21 heavy (non-hydrogen) atoms. The molecule has 2 rings (SSSR count). The molecule has 0 aliphatic carbocycles. The highest BCUT2D eigenvalue weighted by atomic mass is 32.2. The molecule has 110 valence electrons. The quantitative estimate of drug-likeness (QED) is 0.521. The molecule has 0 radical (unpaired) electrons. The highest BCUT2D eigenvalue weighted by Crippen LogP contribution is 2.18. The number of benzene rings is 1. The van der Waals surface area contributed by atoms with Crippen molar-refractivity contribution in [1.29, 1.82) is 0 Å². The number of esters is 1. The third kappa shape index (κ3) is 4.16. The Hall–Kier alpha value is -2.15. The smallest absolute Gasteiger partial charge is 0.345 e. The van der Waals surface area contributed by atoms with Gasteiger partial charge in [-0.1, -0.05) is 23.9 Å². The lowest BCUT2D eigenvalue weighted by atomic mass is 10.2. The lowest BCUT2D eigenvalue weighted by molar-refractivity contribution is 0.0523. The van der Waals surface area contributed by atoms with E-state index in [2.05, 4.69) is 9.97 Å². The van der Waals surface area contributed by atoms with E-state index >= 15 is 0 Å². The van der Waals surface area contributed by atoms with Crippen LogP contribution < -0.4 is 5.56 Å². The molecule has 0 atom stereocenters. The van der Waals surface area contributed by atoms with Crippen LogP contribution in [0, 0.1) is 5.82 Å². The molecule has 0 amide bonds. The van der Waals surface area contributed by atoms with E-state index in [1.54, 1.807) is 19.1 Å². The van der Waals surface area contributed by atoms with Gasteiger partial charge in [0.15, 0.2) is 5.16 Å². The Kier molecular flexibility index (Phi) is 5.10. The second-order valence-corrected chi connectivity index (χ2v) is 5.02. The molecule has 0 aliphatic heterocycles. The molecule has 5 nitrogen and oxygen atoms in total. The van der Waals surface area contributed by atoms with Gasteiger partial charge in [-0.25, -0.2) is 9.18 Å². The molecule has 0 fully saturated rings. The van der Waals surface area contributed by atoms with Crippen molar-refractivity contribution in [2.24, 2.45) is 0 Å². The van der Waals surface area contributed by atoms with Gasteiger partial charge in [-0.05, 0) is 24.6 Å². The summed E-state index contributed by atoms with van der Waals surface area (Å²) < 4.78 is 17.5. The number of aromatic nitrogens is 2. The van der Waals surface area contributed by atoms with Crippen LogP contribution >= 0.6 is 11.8 Å². The molecular formula is C14H13FN2O3S. The van der Waals surface area contributed by atoms with Gasteiger partial charge in [0.2, 0.25) is 0 Å². The van der Waals surface area contributed by atoms with Crippen molar-refractivity contribution in [3.8, 4) is 0 Å². The molecule has 0 spiro atoms. The van der Waals surface area contributed by atoms with E-state index in [-0.39, 0.29) is 18.0 Å². The zero-order valence-corrected chi connectivity index (χ0v) is 12.1. The number of ether oxygens (including phenoxy) is 1. The van der Waals surface area contributed by atoms with E-state index < -0.39 is 11.5 Å². The van der Waals surface area contributed by atoms with Crippen LogP contribution in [-0.4, -0.2) is 22.5 Å². The first-order valence-corrected chi connectivity index (χ1v) is 7.23. The van der Waals surface area contributed by atoms with Gasteiger partial charge in [-0.2, -0.15) is 4.98 Å². The predicted molar refractivity (Wildman–Crippen MR) is 76.8 cm³/mol. The number of hydrogen-bond acceptors (Lipinski definition) is 5. The van der Waals surface area contributed by atoms with Crippen LogP contribution in [0.2, 0.25) is 0 Å². The maximum atomic E-state index is 12.8. The van der Waals surface area contributed by atoms with Gasteiger partial charge in [0, 0.05) is 11.9 Å². The summed E-state index contributed by atoms with van der Waals surface area (Å²) in [7, 11) is 0. The highest BCUT2D eigenvalue weighted by molar-refractivity contribution is 7.98. The largest absolute Gasteiger partial charge is 0.462 e. The predicted octanol–water partition coefficient (Wildman–Crippen LogP) is 2.38. The maximum Gasteiger partial charge on any atom is 0.345 e. The molecule has 0 bridgehead atoms. The lowest BCUT2D eigenvalue weighted by Crippen LogP contribution is -2.20. The van der Waals surface area contributed by atoms with Crippen molar-refractivity contribution in [2.75, 3.05) is 6.61 Å². The van der Waals surface area contributed by atoms with Gasteiger partial charge in [0.05, 0.1) is 6.61 Å². The molecule has 7 heteroatoms. The summed E-state index contributed by atoms with van der Waals surface area (Å²) in [6, 6.07) is 6.06. The second-order valence-electron chi connectivity index (χ2n) is 4.06. The highest BCUT2D eigenvalue weighted by Gasteiger charge is 2.13. The summed E-state index contributed by atoms with van der Waals surface area (Å²) in [5.74, 6) is -0.461. The number of thioether (sulfide) groups is 1. The number of carbonyl (C=O) groups is 1. The Morgan fingerprint density at radius 2 is 2.10 bits per heavy atom. The Morgan fingerprint density at radius 1 is 1.38 bits per heavy atom. The van der Waals surface area contributed by atoms with Crippen molar-refractivity contribution in [3.05, 3.63) is 57.8 Å². The van der Waals surface area contributed by atoms with Gasteiger partial charge in [0.1, 0.15) is 11.4 Å². The van der Waals surface area contributed by atoms with Crippen LogP contribution in [0.4, 0.5) is 4.39 Å². The molecule has 2 aromatic rings. The number of nitrogens with zero attached hydrogens (tertiary/aromatic N) is 1. The van der Waals surface area contributed by atoms with Crippen molar-refractivity contribution < 1.29 is 13.9 Å². The topological polar surface area (TPSA) is 72.1 Å². The monoisotopic (exact) mass is 308 g/mol. The Balaban J connectivity index is 2.05. The minimum atomic E-state index is -0.693. The zero-order chi connectivity index (χ0) is 15.2. The number of hydrogen-bond donors (Lipinski definition) is 1. The van der Waals surface area contributed by atoms with Crippen molar-refractivity contribution in [1.82, 2.24) is 9.97 Å². The van der Waals surface area contributed by atoms with Crippen LogP contribution in [0.5, 0.6) is 0 Å². The summed E-state index contributed by atoms with van der Waals surface area (Å²) in [6.07, 6.45) is 1.29. The first-order chi connectivity index (χ1) is 10.1. The Morgan fingerprint density at radius 3 is 2.71 bits per heavy atom. The van der Waals surface area contributed by atoms with E-state index in [0.717, 1.165) is 5.56 Å². The van der Waals surface area contributed by atoms with E-state index in [4.69, 9.17) is 4.74 Å². The van der Waals surface area contributed by atoms with Gasteiger partial charge >= 0.3 is 5.97 Å². The normalized spacial score (nSPS) is 10.4. The van der Waals surface area contributed by atoms with Crippen LogP contribution in [-0.2, 0) is 10.5 Å². The standard InChI is InChI=1S/C14H13FN2O3S/c1-2-20-13(19)11-7-16-14(17-12(11)18)21-8-9-3-5-10(15)6-4-9/h3-7H,2,8H2,1H3,(H,16,17,18). The molecule has 1 aromatic carbocycles. The SMILES string of the molecule is CCOC(=O)c1c[nH]c(SCc2ccc(F)cc2)nc1=O.